The monoisotopic (exact) mass is 486 g/mol. The first-order valence-electron chi connectivity index (χ1n) is 10.6. The molecule has 0 heterocycles. The summed E-state index contributed by atoms with van der Waals surface area (Å²) in [6.07, 6.45) is 0. The van der Waals surface area contributed by atoms with Crippen LogP contribution >= 0.6 is 0 Å². The van der Waals surface area contributed by atoms with Gasteiger partial charge in [0.2, 0.25) is 0 Å². The highest BCUT2D eigenvalue weighted by atomic mass is 32.2. The van der Waals surface area contributed by atoms with Gasteiger partial charge in [-0.15, -0.1) is 0 Å². The lowest BCUT2D eigenvalue weighted by Crippen LogP contribution is -2.37. The Kier molecular flexibility index (Phi) is 8.25. The van der Waals surface area contributed by atoms with Crippen molar-refractivity contribution in [2.75, 3.05) is 25.6 Å². The van der Waals surface area contributed by atoms with Crippen molar-refractivity contribution in [1.29, 1.82) is 0 Å². The molecule has 0 aliphatic rings. The lowest BCUT2D eigenvalue weighted by atomic mass is 10.1. The molecule has 0 fully saturated rings. The summed E-state index contributed by atoms with van der Waals surface area (Å²) >= 11 is 0. The van der Waals surface area contributed by atoms with Gasteiger partial charge in [-0.25, -0.2) is 9.18 Å². The number of carbonyl (C=O) groups excluding carboxylic acids is 1. The van der Waals surface area contributed by atoms with Gasteiger partial charge in [-0.2, -0.15) is 8.42 Å². The molecular weight excluding hydrogens is 459 g/mol. The Morgan fingerprint density at radius 1 is 1.00 bits per heavy atom. The Hall–Kier alpha value is -3.43. The van der Waals surface area contributed by atoms with E-state index in [-0.39, 0.29) is 23.2 Å². The number of ether oxygens (including phenoxy) is 1. The van der Waals surface area contributed by atoms with E-state index in [9.17, 15) is 17.6 Å². The molecule has 3 aromatic rings. The van der Waals surface area contributed by atoms with Crippen LogP contribution in [0.15, 0.2) is 71.6 Å². The smallest absolute Gasteiger partial charge is 0.339 e. The van der Waals surface area contributed by atoms with Crippen LogP contribution in [0.1, 0.15) is 16.7 Å². The molecule has 0 saturated heterocycles. The number of halogens is 1. The van der Waals surface area contributed by atoms with Crippen molar-refractivity contribution in [3.8, 4) is 5.75 Å². The standard InChI is InChI=1S/C25H27FN2O5S/c1-18-5-4-6-24(19(18)2)27-25(29)28(15-16-32-3)17-20-7-11-22(12-8-20)33-34(30,31)23-13-9-21(26)10-14-23/h4-14H,15-17H2,1-3H3,(H,27,29). The van der Waals surface area contributed by atoms with E-state index in [1.807, 2.05) is 32.0 Å². The minimum Gasteiger partial charge on any atom is -0.383 e. The van der Waals surface area contributed by atoms with Crippen LogP contribution in [-0.4, -0.2) is 39.6 Å². The maximum absolute atomic E-state index is 13.1. The van der Waals surface area contributed by atoms with E-state index in [0.29, 0.717) is 13.2 Å². The number of amides is 2. The largest absolute Gasteiger partial charge is 0.383 e. The number of urea groups is 1. The van der Waals surface area contributed by atoms with Gasteiger partial charge in [0, 0.05) is 25.9 Å². The number of nitrogens with zero attached hydrogens (tertiary/aromatic N) is 1. The molecule has 0 spiro atoms. The van der Waals surface area contributed by atoms with Crippen molar-refractivity contribution in [3.63, 3.8) is 0 Å². The molecule has 1 N–H and O–H groups in total. The summed E-state index contributed by atoms with van der Waals surface area (Å²) in [6, 6.07) is 16.2. The fourth-order valence-corrected chi connectivity index (χ4v) is 4.11. The normalized spacial score (nSPS) is 11.2. The summed E-state index contributed by atoms with van der Waals surface area (Å²) in [7, 11) is -2.53. The van der Waals surface area contributed by atoms with Crippen LogP contribution in [0, 0.1) is 19.7 Å². The van der Waals surface area contributed by atoms with Gasteiger partial charge in [0.1, 0.15) is 16.5 Å². The summed E-state index contributed by atoms with van der Waals surface area (Å²) in [4.78, 5) is 14.4. The summed E-state index contributed by atoms with van der Waals surface area (Å²) in [6.45, 7) is 4.93. The summed E-state index contributed by atoms with van der Waals surface area (Å²) < 4.78 is 48.1. The van der Waals surface area contributed by atoms with Crippen LogP contribution < -0.4 is 9.50 Å². The fraction of sp³-hybridized carbons (Fsp3) is 0.240. The number of hydrogen-bond donors (Lipinski definition) is 1. The summed E-state index contributed by atoms with van der Waals surface area (Å²) in [5, 5.41) is 2.95. The van der Waals surface area contributed by atoms with Gasteiger partial charge >= 0.3 is 16.1 Å². The van der Waals surface area contributed by atoms with Gasteiger partial charge in [-0.3, -0.25) is 0 Å². The Bertz CT molecular complexity index is 1230. The van der Waals surface area contributed by atoms with Gasteiger partial charge in [0.25, 0.3) is 0 Å². The molecule has 0 bridgehead atoms. The van der Waals surface area contributed by atoms with Crippen LogP contribution in [0.5, 0.6) is 5.75 Å². The Morgan fingerprint density at radius 3 is 2.32 bits per heavy atom. The molecule has 180 valence electrons. The van der Waals surface area contributed by atoms with Crippen LogP contribution in [0.25, 0.3) is 0 Å². The van der Waals surface area contributed by atoms with E-state index in [2.05, 4.69) is 5.32 Å². The molecule has 0 atom stereocenters. The quantitative estimate of drug-likeness (QED) is 0.435. The number of anilines is 1. The molecule has 7 nitrogen and oxygen atoms in total. The van der Waals surface area contributed by atoms with Crippen molar-refractivity contribution in [1.82, 2.24) is 4.90 Å². The number of nitrogens with one attached hydrogen (secondary N) is 1. The lowest BCUT2D eigenvalue weighted by Gasteiger charge is -2.24. The predicted molar refractivity (Wildman–Crippen MR) is 128 cm³/mol. The minimum absolute atomic E-state index is 0.108. The van der Waals surface area contributed by atoms with Gasteiger partial charge in [-0.05, 0) is 73.0 Å². The third-order valence-corrected chi connectivity index (χ3v) is 6.57. The molecule has 2 amide bonds. The van der Waals surface area contributed by atoms with E-state index >= 15 is 0 Å². The zero-order valence-electron chi connectivity index (χ0n) is 19.2. The fourth-order valence-electron chi connectivity index (χ4n) is 3.18. The molecule has 0 aliphatic carbocycles. The molecule has 0 unspecified atom stereocenters. The van der Waals surface area contributed by atoms with Crippen LogP contribution in [0.4, 0.5) is 14.9 Å². The first kappa shape index (κ1) is 25.2. The number of rotatable bonds is 9. The zero-order valence-corrected chi connectivity index (χ0v) is 20.1. The average Bonchev–Trinajstić information content (AvgIpc) is 2.81. The van der Waals surface area contributed by atoms with Crippen molar-refractivity contribution in [3.05, 3.63) is 89.2 Å². The van der Waals surface area contributed by atoms with Crippen LogP contribution in [0.2, 0.25) is 0 Å². The minimum atomic E-state index is -4.09. The zero-order chi connectivity index (χ0) is 24.7. The Morgan fingerprint density at radius 2 is 1.68 bits per heavy atom. The highest BCUT2D eigenvalue weighted by Crippen LogP contribution is 2.21. The van der Waals surface area contributed by atoms with Gasteiger partial charge in [0.15, 0.2) is 0 Å². The van der Waals surface area contributed by atoms with E-state index in [4.69, 9.17) is 8.92 Å². The third-order valence-electron chi connectivity index (χ3n) is 5.30. The van der Waals surface area contributed by atoms with E-state index < -0.39 is 15.9 Å². The van der Waals surface area contributed by atoms with E-state index in [0.717, 1.165) is 46.6 Å². The van der Waals surface area contributed by atoms with Crippen molar-refractivity contribution < 1.29 is 26.5 Å². The maximum atomic E-state index is 13.1. The predicted octanol–water partition coefficient (Wildman–Crippen LogP) is 4.89. The first-order valence-corrected chi connectivity index (χ1v) is 12.0. The molecule has 34 heavy (non-hydrogen) atoms. The van der Waals surface area contributed by atoms with E-state index in [1.165, 1.54) is 12.1 Å². The van der Waals surface area contributed by atoms with E-state index in [1.54, 1.807) is 24.1 Å². The maximum Gasteiger partial charge on any atom is 0.339 e. The van der Waals surface area contributed by atoms with Crippen molar-refractivity contribution in [2.45, 2.75) is 25.3 Å². The third kappa shape index (κ3) is 6.55. The van der Waals surface area contributed by atoms with Crippen LogP contribution in [-0.2, 0) is 21.4 Å². The number of aryl methyl sites for hydroxylation is 1. The number of carbonyl (C=O) groups is 1. The Labute approximate surface area is 199 Å². The number of benzene rings is 3. The number of methoxy groups -OCH3 is 1. The van der Waals surface area contributed by atoms with Crippen molar-refractivity contribution >= 4 is 21.8 Å². The number of hydrogen-bond acceptors (Lipinski definition) is 5. The molecule has 0 aliphatic heterocycles. The molecule has 9 heteroatoms. The van der Waals surface area contributed by atoms with Crippen LogP contribution in [0.3, 0.4) is 0 Å². The van der Waals surface area contributed by atoms with Gasteiger partial charge in [-0.1, -0.05) is 24.3 Å². The lowest BCUT2D eigenvalue weighted by molar-refractivity contribution is 0.153. The first-order chi connectivity index (χ1) is 16.2. The van der Waals surface area contributed by atoms with Gasteiger partial charge in [0.05, 0.1) is 6.61 Å². The summed E-state index contributed by atoms with van der Waals surface area (Å²) in [5.41, 5.74) is 3.58. The topological polar surface area (TPSA) is 84.9 Å². The molecule has 0 aromatic heterocycles. The second-order valence-electron chi connectivity index (χ2n) is 7.73. The SMILES string of the molecule is COCCN(Cc1ccc(OS(=O)(=O)c2ccc(F)cc2)cc1)C(=O)Nc1cccc(C)c1C. The van der Waals surface area contributed by atoms with Gasteiger partial charge < -0.3 is 19.1 Å². The average molecular weight is 487 g/mol. The second-order valence-corrected chi connectivity index (χ2v) is 9.27. The highest BCUT2D eigenvalue weighted by molar-refractivity contribution is 7.87. The highest BCUT2D eigenvalue weighted by Gasteiger charge is 2.18. The molecular formula is C25H27FN2O5S. The second kappa shape index (κ2) is 11.1. The Balaban J connectivity index is 1.70. The molecule has 3 rings (SSSR count). The molecule has 3 aromatic carbocycles. The molecule has 0 saturated carbocycles. The summed E-state index contributed by atoms with van der Waals surface area (Å²) in [5.74, 6) is -0.431. The molecule has 0 radical (unpaired) electrons. The van der Waals surface area contributed by atoms with Crippen molar-refractivity contribution in [2.24, 2.45) is 0 Å².